The van der Waals surface area contributed by atoms with Gasteiger partial charge in [0.1, 0.15) is 16.0 Å². The minimum atomic E-state index is -3.83. The highest BCUT2D eigenvalue weighted by Gasteiger charge is 2.24. The van der Waals surface area contributed by atoms with Crippen molar-refractivity contribution in [1.82, 2.24) is 30.2 Å². The van der Waals surface area contributed by atoms with Crippen LogP contribution in [-0.2, 0) is 27.8 Å². The van der Waals surface area contributed by atoms with E-state index in [-0.39, 0.29) is 33.6 Å². The summed E-state index contributed by atoms with van der Waals surface area (Å²) >= 11 is 7.01. The molecule has 3 heterocycles. The topological polar surface area (TPSA) is 159 Å². The molecule has 4 rings (SSSR count). The fourth-order valence-corrected chi connectivity index (χ4v) is 5.71. The summed E-state index contributed by atoms with van der Waals surface area (Å²) in [6, 6.07) is 12.0. The van der Waals surface area contributed by atoms with Crippen molar-refractivity contribution < 1.29 is 23.5 Å². The van der Waals surface area contributed by atoms with Crippen LogP contribution in [0.1, 0.15) is 17.3 Å². The maximum absolute atomic E-state index is 12.7. The van der Waals surface area contributed by atoms with Gasteiger partial charge in [-0.2, -0.15) is 0 Å². The second-order valence-corrected chi connectivity index (χ2v) is 10.8. The Balaban J connectivity index is 1.46. The van der Waals surface area contributed by atoms with Crippen LogP contribution in [0, 0.1) is 0 Å². The van der Waals surface area contributed by atoms with E-state index in [0.717, 1.165) is 11.3 Å². The quantitative estimate of drug-likeness (QED) is 0.188. The summed E-state index contributed by atoms with van der Waals surface area (Å²) in [5.41, 5.74) is 3.12. The summed E-state index contributed by atoms with van der Waals surface area (Å²) in [5, 5.41) is 26.7. The van der Waals surface area contributed by atoms with Gasteiger partial charge in [-0.1, -0.05) is 28.9 Å². The third-order valence-corrected chi connectivity index (χ3v) is 8.24. The minimum Gasteiger partial charge on any atom is -0.506 e. The first-order valence-electron chi connectivity index (χ1n) is 10.1. The molecule has 0 bridgehead atoms. The Bertz CT molecular complexity index is 1440. The molecule has 1 aromatic carbocycles. The van der Waals surface area contributed by atoms with Crippen LogP contribution in [0.15, 0.2) is 65.1 Å². The molecule has 0 saturated heterocycles. The number of nitrogens with one attached hydrogen (secondary N) is 2. The number of aromatic hydroxyl groups is 1. The largest absolute Gasteiger partial charge is 0.506 e. The Morgan fingerprint density at radius 3 is 2.74 bits per heavy atom. The molecule has 0 saturated carbocycles. The number of hydroxylamine groups is 1. The molecule has 4 aromatic rings. The van der Waals surface area contributed by atoms with Gasteiger partial charge in [0.05, 0.1) is 34.0 Å². The predicted octanol–water partition coefficient (Wildman–Crippen LogP) is 2.53. The van der Waals surface area contributed by atoms with Crippen molar-refractivity contribution in [1.29, 1.82) is 0 Å². The number of phenolic OH excluding ortho intramolecular Hbond substituents is 1. The van der Waals surface area contributed by atoms with E-state index in [1.54, 1.807) is 35.9 Å². The first-order valence-corrected chi connectivity index (χ1v) is 12.8. The van der Waals surface area contributed by atoms with Gasteiger partial charge in [-0.25, -0.2) is 23.3 Å². The number of hydrogen-bond donors (Lipinski definition) is 4. The Morgan fingerprint density at radius 1 is 1.20 bits per heavy atom. The van der Waals surface area contributed by atoms with E-state index in [9.17, 15) is 18.3 Å². The molecule has 35 heavy (non-hydrogen) atoms. The predicted molar refractivity (Wildman–Crippen MR) is 127 cm³/mol. The summed E-state index contributed by atoms with van der Waals surface area (Å²) < 4.78 is 29.3. The molecule has 1 unspecified atom stereocenters. The number of sulfonamides is 1. The third kappa shape index (κ3) is 5.83. The fourth-order valence-electron chi connectivity index (χ4n) is 3.18. The average molecular weight is 535 g/mol. The molecular formula is C21H19ClN6O5S2. The molecule has 0 aliphatic carbocycles. The van der Waals surface area contributed by atoms with Crippen molar-refractivity contribution in [3.63, 3.8) is 0 Å². The van der Waals surface area contributed by atoms with Crippen molar-refractivity contribution in [3.8, 4) is 16.3 Å². The highest BCUT2D eigenvalue weighted by Crippen LogP contribution is 2.29. The lowest BCUT2D eigenvalue weighted by Gasteiger charge is -2.15. The summed E-state index contributed by atoms with van der Waals surface area (Å²) in [4.78, 5) is 17.2. The summed E-state index contributed by atoms with van der Waals surface area (Å²) in [7, 11) is -3.83. The Morgan fingerprint density at radius 2 is 2.03 bits per heavy atom. The van der Waals surface area contributed by atoms with E-state index < -0.39 is 22.0 Å². The number of thiophene rings is 1. The number of aromatic nitrogens is 4. The van der Waals surface area contributed by atoms with Crippen molar-refractivity contribution >= 4 is 38.9 Å². The second kappa shape index (κ2) is 10.5. The smallest absolute Gasteiger partial charge is 0.268 e. The van der Waals surface area contributed by atoms with Gasteiger partial charge in [-0.3, -0.25) is 15.0 Å². The van der Waals surface area contributed by atoms with Crippen molar-refractivity contribution in [3.05, 3.63) is 77.2 Å². The number of carbonyl (C=O) groups is 1. The standard InChI is InChI=1S/C21H19ClN6O5S2/c22-15-9-13(4-5-18(15)29)10-17(21(30)26-31)28-12-14(25-27-28)11-24-35(32,33)20-7-6-19(34-20)16-3-1-2-8-23-16/h1-9,12,17,24,29,31H,10-11H2,(H,26,30). The number of benzene rings is 1. The van der Waals surface area contributed by atoms with Gasteiger partial charge >= 0.3 is 0 Å². The zero-order chi connectivity index (χ0) is 25.0. The average Bonchev–Trinajstić information content (AvgIpc) is 3.54. The van der Waals surface area contributed by atoms with Gasteiger partial charge < -0.3 is 5.11 Å². The Hall–Kier alpha value is -3.36. The summed E-state index contributed by atoms with van der Waals surface area (Å²) in [5.74, 6) is -0.862. The van der Waals surface area contributed by atoms with Crippen molar-refractivity contribution in [2.75, 3.05) is 0 Å². The van der Waals surface area contributed by atoms with Crippen molar-refractivity contribution in [2.45, 2.75) is 23.2 Å². The maximum atomic E-state index is 12.7. The molecule has 0 fully saturated rings. The highest BCUT2D eigenvalue weighted by atomic mass is 35.5. The van der Waals surface area contributed by atoms with E-state index in [1.165, 1.54) is 29.1 Å². The van der Waals surface area contributed by atoms with Gasteiger partial charge in [-0.15, -0.1) is 16.4 Å². The molecule has 4 N–H and O–H groups in total. The lowest BCUT2D eigenvalue weighted by molar-refractivity contribution is -0.133. The van der Waals surface area contributed by atoms with Gasteiger partial charge in [0.2, 0.25) is 10.0 Å². The molecule has 182 valence electrons. The molecule has 0 aliphatic rings. The molecule has 1 atom stereocenters. The first-order chi connectivity index (χ1) is 16.8. The summed E-state index contributed by atoms with van der Waals surface area (Å²) in [6.07, 6.45) is 3.11. The SMILES string of the molecule is O=C(NO)C(Cc1ccc(O)c(Cl)c1)n1cc(CNS(=O)(=O)c2ccc(-c3ccccn3)s2)nn1. The molecule has 0 radical (unpaired) electrons. The van der Waals surface area contributed by atoms with E-state index >= 15 is 0 Å². The van der Waals surface area contributed by atoms with E-state index in [1.807, 2.05) is 6.07 Å². The fraction of sp³-hybridized carbons (Fsp3) is 0.143. The number of phenols is 1. The molecule has 3 aromatic heterocycles. The zero-order valence-electron chi connectivity index (χ0n) is 17.9. The lowest BCUT2D eigenvalue weighted by Crippen LogP contribution is -2.32. The van der Waals surface area contributed by atoms with Crippen LogP contribution in [0.4, 0.5) is 0 Å². The van der Waals surface area contributed by atoms with Crippen LogP contribution in [0.3, 0.4) is 0 Å². The molecule has 0 spiro atoms. The number of carbonyl (C=O) groups excluding carboxylic acids is 1. The second-order valence-electron chi connectivity index (χ2n) is 7.33. The van der Waals surface area contributed by atoms with E-state index in [2.05, 4.69) is 20.0 Å². The normalized spacial score (nSPS) is 12.4. The molecular weight excluding hydrogens is 516 g/mol. The monoisotopic (exact) mass is 534 g/mol. The van der Waals surface area contributed by atoms with E-state index in [4.69, 9.17) is 16.8 Å². The van der Waals surface area contributed by atoms with Crippen LogP contribution in [0.2, 0.25) is 5.02 Å². The zero-order valence-corrected chi connectivity index (χ0v) is 20.3. The number of amides is 1. The molecule has 1 amide bonds. The highest BCUT2D eigenvalue weighted by molar-refractivity contribution is 7.91. The third-order valence-electron chi connectivity index (χ3n) is 4.94. The Labute approximate surface area is 209 Å². The van der Waals surface area contributed by atoms with E-state index in [0.29, 0.717) is 16.1 Å². The van der Waals surface area contributed by atoms with Crippen LogP contribution in [-0.4, -0.2) is 44.6 Å². The van der Waals surface area contributed by atoms with Gasteiger partial charge in [0.15, 0.2) is 0 Å². The van der Waals surface area contributed by atoms with Crippen LogP contribution in [0.25, 0.3) is 10.6 Å². The van der Waals surface area contributed by atoms with Crippen LogP contribution < -0.4 is 10.2 Å². The maximum Gasteiger partial charge on any atom is 0.268 e. The van der Waals surface area contributed by atoms with Crippen molar-refractivity contribution in [2.24, 2.45) is 0 Å². The number of pyridine rings is 1. The van der Waals surface area contributed by atoms with Gasteiger partial charge in [0.25, 0.3) is 5.91 Å². The Kier molecular flexibility index (Phi) is 7.42. The minimum absolute atomic E-state index is 0.0758. The van der Waals surface area contributed by atoms with Crippen LogP contribution >= 0.6 is 22.9 Å². The molecule has 0 aliphatic heterocycles. The van der Waals surface area contributed by atoms with Gasteiger partial charge in [0, 0.05) is 12.6 Å². The van der Waals surface area contributed by atoms with Gasteiger partial charge in [-0.05, 0) is 42.0 Å². The number of hydrogen-bond acceptors (Lipinski definition) is 9. The lowest BCUT2D eigenvalue weighted by atomic mass is 10.1. The number of nitrogens with zero attached hydrogens (tertiary/aromatic N) is 4. The number of rotatable bonds is 9. The molecule has 14 heteroatoms. The van der Waals surface area contributed by atoms with Crippen LogP contribution in [0.5, 0.6) is 5.75 Å². The summed E-state index contributed by atoms with van der Waals surface area (Å²) in [6.45, 7) is -0.169. The number of halogens is 1. The first kappa shape index (κ1) is 24.8. The molecule has 11 nitrogen and oxygen atoms in total.